The van der Waals surface area contributed by atoms with Crippen LogP contribution in [0.2, 0.25) is 0 Å². The highest BCUT2D eigenvalue weighted by molar-refractivity contribution is 5.77. The lowest BCUT2D eigenvalue weighted by molar-refractivity contribution is -0.132. The number of carbonyl (C=O) groups is 2. The second kappa shape index (κ2) is 5.35. The molecule has 0 atom stereocenters. The molecule has 0 radical (unpaired) electrons. The van der Waals surface area contributed by atoms with Gasteiger partial charge in [0.15, 0.2) is 0 Å². The fourth-order valence-corrected chi connectivity index (χ4v) is 2.07. The molecule has 6 nitrogen and oxygen atoms in total. The highest BCUT2D eigenvalue weighted by Gasteiger charge is 2.24. The highest BCUT2D eigenvalue weighted by Crippen LogP contribution is 2.06. The van der Waals surface area contributed by atoms with Crippen molar-refractivity contribution in [3.05, 3.63) is 0 Å². The molecular weight excluding hydrogens is 222 g/mol. The summed E-state index contributed by atoms with van der Waals surface area (Å²) in [7, 11) is 2.06. The zero-order chi connectivity index (χ0) is 12.3. The van der Waals surface area contributed by atoms with E-state index in [1.54, 1.807) is 4.90 Å². The quantitative estimate of drug-likeness (QED) is 0.675. The minimum absolute atomic E-state index is 0.137. The van der Waals surface area contributed by atoms with Crippen LogP contribution in [0.4, 0.5) is 4.79 Å². The Morgan fingerprint density at radius 3 is 2.53 bits per heavy atom. The van der Waals surface area contributed by atoms with E-state index < -0.39 is 0 Å². The van der Waals surface area contributed by atoms with Crippen molar-refractivity contribution in [3.63, 3.8) is 0 Å². The van der Waals surface area contributed by atoms with Crippen LogP contribution in [0.5, 0.6) is 0 Å². The third-order valence-corrected chi connectivity index (χ3v) is 3.30. The molecule has 0 aromatic carbocycles. The fourth-order valence-electron chi connectivity index (χ4n) is 2.07. The number of carbonyl (C=O) groups excluding carboxylic acids is 2. The van der Waals surface area contributed by atoms with Gasteiger partial charge in [0, 0.05) is 39.1 Å². The monoisotopic (exact) mass is 241 g/mol. The average molecular weight is 241 g/mol. The third-order valence-electron chi connectivity index (χ3n) is 3.30. The van der Waals surface area contributed by atoms with Crippen LogP contribution in [0, 0.1) is 0 Å². The number of piperazine rings is 1. The van der Waals surface area contributed by atoms with Crippen molar-refractivity contribution in [1.29, 1.82) is 0 Å². The highest BCUT2D eigenvalue weighted by atomic mass is 16.6. The molecule has 0 unspecified atom stereocenters. The van der Waals surface area contributed by atoms with E-state index in [9.17, 15) is 9.59 Å². The van der Waals surface area contributed by atoms with E-state index in [0.717, 1.165) is 26.2 Å². The van der Waals surface area contributed by atoms with E-state index in [1.807, 2.05) is 4.90 Å². The number of ether oxygens (including phenoxy) is 1. The molecule has 0 bridgehead atoms. The molecule has 0 aromatic heterocycles. The van der Waals surface area contributed by atoms with Crippen LogP contribution in [0.1, 0.15) is 6.42 Å². The SMILES string of the molecule is CN1CCN(C(=O)CCN2CCOC2=O)CC1. The summed E-state index contributed by atoms with van der Waals surface area (Å²) < 4.78 is 4.81. The van der Waals surface area contributed by atoms with Crippen molar-refractivity contribution in [1.82, 2.24) is 14.7 Å². The lowest BCUT2D eigenvalue weighted by Gasteiger charge is -2.32. The second-order valence-corrected chi connectivity index (χ2v) is 4.54. The first kappa shape index (κ1) is 12.2. The smallest absolute Gasteiger partial charge is 0.409 e. The Labute approximate surface area is 101 Å². The van der Waals surface area contributed by atoms with Gasteiger partial charge in [0.1, 0.15) is 6.61 Å². The molecule has 2 aliphatic heterocycles. The molecule has 0 saturated carbocycles. The maximum Gasteiger partial charge on any atom is 0.409 e. The number of hydrogen-bond donors (Lipinski definition) is 0. The maximum atomic E-state index is 11.9. The van der Waals surface area contributed by atoms with Gasteiger partial charge in [0.05, 0.1) is 6.54 Å². The van der Waals surface area contributed by atoms with E-state index in [-0.39, 0.29) is 12.0 Å². The van der Waals surface area contributed by atoms with E-state index >= 15 is 0 Å². The Balaban J connectivity index is 1.72. The summed E-state index contributed by atoms with van der Waals surface area (Å²) in [6.07, 6.45) is 0.106. The van der Waals surface area contributed by atoms with E-state index in [1.165, 1.54) is 0 Å². The molecule has 96 valence electrons. The van der Waals surface area contributed by atoms with Gasteiger partial charge in [0.25, 0.3) is 0 Å². The Hall–Kier alpha value is -1.30. The molecule has 17 heavy (non-hydrogen) atoms. The molecular formula is C11H19N3O3. The molecule has 0 aliphatic carbocycles. The largest absolute Gasteiger partial charge is 0.448 e. The normalized spacial score (nSPS) is 21.8. The summed E-state index contributed by atoms with van der Waals surface area (Å²) in [5.74, 6) is 0.137. The number of rotatable bonds is 3. The van der Waals surface area contributed by atoms with Gasteiger partial charge in [-0.25, -0.2) is 4.79 Å². The molecule has 0 N–H and O–H groups in total. The van der Waals surface area contributed by atoms with Crippen LogP contribution < -0.4 is 0 Å². The summed E-state index contributed by atoms with van der Waals surface area (Å²) in [5, 5.41) is 0. The van der Waals surface area contributed by atoms with Crippen molar-refractivity contribution in [3.8, 4) is 0 Å². The van der Waals surface area contributed by atoms with Crippen LogP contribution in [0.3, 0.4) is 0 Å². The van der Waals surface area contributed by atoms with Crippen molar-refractivity contribution in [2.75, 3.05) is 52.9 Å². The summed E-state index contributed by atoms with van der Waals surface area (Å²) in [6.45, 7) is 4.97. The van der Waals surface area contributed by atoms with Gasteiger partial charge in [-0.1, -0.05) is 0 Å². The number of hydrogen-bond acceptors (Lipinski definition) is 4. The van der Waals surface area contributed by atoms with E-state index in [4.69, 9.17) is 4.74 Å². The van der Waals surface area contributed by atoms with Gasteiger partial charge in [-0.15, -0.1) is 0 Å². The van der Waals surface area contributed by atoms with Gasteiger partial charge in [0.2, 0.25) is 5.91 Å². The number of likely N-dealkylation sites (N-methyl/N-ethyl adjacent to an activating group) is 1. The topological polar surface area (TPSA) is 53.1 Å². The average Bonchev–Trinajstić information content (AvgIpc) is 2.73. The van der Waals surface area contributed by atoms with Crippen molar-refractivity contribution in [2.24, 2.45) is 0 Å². The van der Waals surface area contributed by atoms with Gasteiger partial charge in [-0.2, -0.15) is 0 Å². The maximum absolute atomic E-state index is 11.9. The third kappa shape index (κ3) is 3.09. The molecule has 2 heterocycles. The van der Waals surface area contributed by atoms with Crippen molar-refractivity contribution < 1.29 is 14.3 Å². The Morgan fingerprint density at radius 2 is 1.94 bits per heavy atom. The first-order chi connectivity index (χ1) is 8.16. The van der Waals surface area contributed by atoms with Crippen LogP contribution in [-0.4, -0.2) is 79.6 Å². The summed E-state index contributed by atoms with van der Waals surface area (Å²) in [6, 6.07) is 0. The van der Waals surface area contributed by atoms with E-state index in [0.29, 0.717) is 26.1 Å². The molecule has 0 spiro atoms. The van der Waals surface area contributed by atoms with Gasteiger partial charge in [-0.05, 0) is 7.05 Å². The van der Waals surface area contributed by atoms with Crippen LogP contribution in [-0.2, 0) is 9.53 Å². The first-order valence-corrected chi connectivity index (χ1v) is 6.05. The lowest BCUT2D eigenvalue weighted by Crippen LogP contribution is -2.47. The standard InChI is InChI=1S/C11H19N3O3/c1-12-4-6-13(7-5-12)10(15)2-3-14-8-9-17-11(14)16/h2-9H2,1H3. The van der Waals surface area contributed by atoms with E-state index in [2.05, 4.69) is 11.9 Å². The fraction of sp³-hybridized carbons (Fsp3) is 0.818. The summed E-state index contributed by atoms with van der Waals surface area (Å²) in [5.41, 5.74) is 0. The predicted octanol–water partition coefficient (Wildman–Crippen LogP) is -0.397. The van der Waals surface area contributed by atoms with Crippen LogP contribution >= 0.6 is 0 Å². The first-order valence-electron chi connectivity index (χ1n) is 6.05. The van der Waals surface area contributed by atoms with Crippen LogP contribution in [0.15, 0.2) is 0 Å². The zero-order valence-corrected chi connectivity index (χ0v) is 10.2. The zero-order valence-electron chi connectivity index (χ0n) is 10.2. The molecule has 2 amide bonds. The van der Waals surface area contributed by atoms with Gasteiger partial charge < -0.3 is 19.4 Å². The van der Waals surface area contributed by atoms with Crippen molar-refractivity contribution >= 4 is 12.0 Å². The summed E-state index contributed by atoms with van der Waals surface area (Å²) in [4.78, 5) is 28.8. The molecule has 2 aliphatic rings. The van der Waals surface area contributed by atoms with Crippen molar-refractivity contribution in [2.45, 2.75) is 6.42 Å². The molecule has 2 saturated heterocycles. The van der Waals surface area contributed by atoms with Gasteiger partial charge >= 0.3 is 6.09 Å². The Morgan fingerprint density at radius 1 is 1.24 bits per heavy atom. The van der Waals surface area contributed by atoms with Crippen LogP contribution in [0.25, 0.3) is 0 Å². The molecule has 2 rings (SSSR count). The molecule has 6 heteroatoms. The Kier molecular flexibility index (Phi) is 3.83. The number of amides is 2. The minimum Gasteiger partial charge on any atom is -0.448 e. The van der Waals surface area contributed by atoms with Gasteiger partial charge in [-0.3, -0.25) is 4.79 Å². The molecule has 2 fully saturated rings. The minimum atomic E-state index is -0.295. The molecule has 0 aromatic rings. The predicted molar refractivity (Wildman–Crippen MR) is 61.6 cm³/mol. The number of cyclic esters (lactones) is 1. The second-order valence-electron chi connectivity index (χ2n) is 4.54. The lowest BCUT2D eigenvalue weighted by atomic mass is 10.3. The number of nitrogens with zero attached hydrogens (tertiary/aromatic N) is 3. The summed E-state index contributed by atoms with van der Waals surface area (Å²) >= 11 is 0. The Bertz CT molecular complexity index is 300.